The number of carbonyl (C=O) groups is 2. The van der Waals surface area contributed by atoms with E-state index in [2.05, 4.69) is 10.6 Å². The van der Waals surface area contributed by atoms with Crippen molar-refractivity contribution in [3.63, 3.8) is 0 Å². The lowest BCUT2D eigenvalue weighted by atomic mass is 10.1. The van der Waals surface area contributed by atoms with Crippen LogP contribution in [0.5, 0.6) is 5.75 Å². The predicted octanol–water partition coefficient (Wildman–Crippen LogP) is 3.99. The van der Waals surface area contributed by atoms with Gasteiger partial charge in [0.1, 0.15) is 5.75 Å². The molecule has 0 saturated carbocycles. The molecule has 2 rings (SSSR count). The number of hydrogen-bond donors (Lipinski definition) is 2. The Kier molecular flexibility index (Phi) is 6.21. The number of ether oxygens (including phenoxy) is 1. The molecule has 0 aromatic heterocycles. The van der Waals surface area contributed by atoms with Crippen LogP contribution in [0.1, 0.15) is 23.7 Å². The number of carbonyl (C=O) groups excluding carboxylic acids is 2. The van der Waals surface area contributed by atoms with E-state index in [-0.39, 0.29) is 18.1 Å². The SMILES string of the molecule is COc1ccc(Cl)cc1NCCC(=O)Nc1ccc(C(C)=O)cc1. The van der Waals surface area contributed by atoms with E-state index in [1.54, 1.807) is 49.6 Å². The zero-order valence-corrected chi connectivity index (χ0v) is 14.3. The number of halogens is 1. The first kappa shape index (κ1) is 17.8. The summed E-state index contributed by atoms with van der Waals surface area (Å²) >= 11 is 5.96. The van der Waals surface area contributed by atoms with Crippen LogP contribution in [0.25, 0.3) is 0 Å². The summed E-state index contributed by atoms with van der Waals surface area (Å²) < 4.78 is 5.23. The van der Waals surface area contributed by atoms with Crippen molar-refractivity contribution < 1.29 is 14.3 Å². The minimum absolute atomic E-state index is 0.00690. The van der Waals surface area contributed by atoms with Gasteiger partial charge in [-0.05, 0) is 49.4 Å². The Hall–Kier alpha value is -2.53. The Labute approximate surface area is 146 Å². The Bertz CT molecular complexity index is 730. The van der Waals surface area contributed by atoms with Crippen molar-refractivity contribution >= 4 is 34.7 Å². The van der Waals surface area contributed by atoms with Crippen LogP contribution in [0.2, 0.25) is 5.02 Å². The van der Waals surface area contributed by atoms with Crippen LogP contribution >= 0.6 is 11.6 Å². The summed E-state index contributed by atoms with van der Waals surface area (Å²) in [6, 6.07) is 12.0. The molecule has 5 nitrogen and oxygen atoms in total. The van der Waals surface area contributed by atoms with Gasteiger partial charge in [-0.1, -0.05) is 11.6 Å². The molecule has 0 aliphatic rings. The second-order valence-electron chi connectivity index (χ2n) is 5.20. The highest BCUT2D eigenvalue weighted by Gasteiger charge is 2.06. The number of ketones is 1. The lowest BCUT2D eigenvalue weighted by Crippen LogP contribution is -2.16. The topological polar surface area (TPSA) is 67.4 Å². The molecule has 0 heterocycles. The Morgan fingerprint density at radius 2 is 1.83 bits per heavy atom. The summed E-state index contributed by atoms with van der Waals surface area (Å²) in [6.45, 7) is 1.94. The van der Waals surface area contributed by atoms with E-state index in [1.807, 2.05) is 0 Å². The molecular weight excluding hydrogens is 328 g/mol. The van der Waals surface area contributed by atoms with Gasteiger partial charge in [0.15, 0.2) is 5.78 Å². The van der Waals surface area contributed by atoms with Gasteiger partial charge in [0.05, 0.1) is 12.8 Å². The van der Waals surface area contributed by atoms with E-state index in [4.69, 9.17) is 16.3 Å². The first-order valence-electron chi connectivity index (χ1n) is 7.48. The molecule has 0 radical (unpaired) electrons. The molecule has 0 bridgehead atoms. The Morgan fingerprint density at radius 3 is 2.46 bits per heavy atom. The third-order valence-corrected chi connectivity index (χ3v) is 3.64. The average molecular weight is 347 g/mol. The lowest BCUT2D eigenvalue weighted by Gasteiger charge is -2.11. The molecule has 0 spiro atoms. The molecule has 126 valence electrons. The number of Topliss-reactive ketones (excluding diaryl/α,β-unsaturated/α-hetero) is 1. The molecule has 1 amide bonds. The zero-order chi connectivity index (χ0) is 17.5. The maximum absolute atomic E-state index is 12.0. The number of amides is 1. The zero-order valence-electron chi connectivity index (χ0n) is 13.6. The quantitative estimate of drug-likeness (QED) is 0.744. The van der Waals surface area contributed by atoms with Crippen LogP contribution in [0, 0.1) is 0 Å². The summed E-state index contributed by atoms with van der Waals surface area (Å²) in [5.74, 6) is 0.534. The number of anilines is 2. The maximum Gasteiger partial charge on any atom is 0.226 e. The van der Waals surface area contributed by atoms with Crippen LogP contribution in [0.15, 0.2) is 42.5 Å². The normalized spacial score (nSPS) is 10.1. The number of hydrogen-bond acceptors (Lipinski definition) is 4. The van der Waals surface area contributed by atoms with Gasteiger partial charge in [-0.15, -0.1) is 0 Å². The first-order valence-corrected chi connectivity index (χ1v) is 7.85. The third kappa shape index (κ3) is 4.99. The van der Waals surface area contributed by atoms with E-state index in [1.165, 1.54) is 6.92 Å². The standard InChI is InChI=1S/C18H19ClN2O3/c1-12(22)13-3-6-15(7-4-13)21-18(23)9-10-20-16-11-14(19)5-8-17(16)24-2/h3-8,11,20H,9-10H2,1-2H3,(H,21,23). The summed E-state index contributed by atoms with van der Waals surface area (Å²) in [5.41, 5.74) is 2.01. The van der Waals surface area contributed by atoms with E-state index < -0.39 is 0 Å². The molecule has 0 aliphatic carbocycles. The summed E-state index contributed by atoms with van der Waals surface area (Å²) in [7, 11) is 1.58. The molecule has 0 atom stereocenters. The second kappa shape index (κ2) is 8.36. The van der Waals surface area contributed by atoms with Gasteiger partial charge in [0, 0.05) is 29.2 Å². The fraction of sp³-hybridized carbons (Fsp3) is 0.222. The molecule has 24 heavy (non-hydrogen) atoms. The number of benzene rings is 2. The Balaban J connectivity index is 1.85. The molecule has 0 aliphatic heterocycles. The van der Waals surface area contributed by atoms with Crippen LogP contribution in [-0.2, 0) is 4.79 Å². The Morgan fingerprint density at radius 1 is 1.12 bits per heavy atom. The van der Waals surface area contributed by atoms with Gasteiger partial charge >= 0.3 is 0 Å². The smallest absolute Gasteiger partial charge is 0.226 e. The molecule has 2 aromatic rings. The van der Waals surface area contributed by atoms with Gasteiger partial charge < -0.3 is 15.4 Å². The predicted molar refractivity (Wildman–Crippen MR) is 96.2 cm³/mol. The van der Waals surface area contributed by atoms with Gasteiger partial charge in [0.25, 0.3) is 0 Å². The van der Waals surface area contributed by atoms with Crippen LogP contribution in [0.3, 0.4) is 0 Å². The fourth-order valence-electron chi connectivity index (χ4n) is 2.14. The van der Waals surface area contributed by atoms with Crippen molar-refractivity contribution in [3.05, 3.63) is 53.1 Å². The fourth-order valence-corrected chi connectivity index (χ4v) is 2.31. The molecule has 0 unspecified atom stereocenters. The number of rotatable bonds is 7. The molecular formula is C18H19ClN2O3. The van der Waals surface area contributed by atoms with Crippen LogP contribution in [-0.4, -0.2) is 25.3 Å². The number of nitrogens with one attached hydrogen (secondary N) is 2. The largest absolute Gasteiger partial charge is 0.495 e. The third-order valence-electron chi connectivity index (χ3n) is 3.40. The maximum atomic E-state index is 12.0. The average Bonchev–Trinajstić information content (AvgIpc) is 2.55. The van der Waals surface area contributed by atoms with E-state index in [0.717, 1.165) is 5.69 Å². The monoisotopic (exact) mass is 346 g/mol. The van der Waals surface area contributed by atoms with Crippen molar-refractivity contribution in [2.24, 2.45) is 0 Å². The second-order valence-corrected chi connectivity index (χ2v) is 5.64. The molecule has 6 heteroatoms. The number of methoxy groups -OCH3 is 1. The molecule has 2 aromatic carbocycles. The van der Waals surface area contributed by atoms with Crippen molar-refractivity contribution in [2.45, 2.75) is 13.3 Å². The van der Waals surface area contributed by atoms with E-state index in [0.29, 0.717) is 28.6 Å². The highest BCUT2D eigenvalue weighted by atomic mass is 35.5. The molecule has 0 saturated heterocycles. The minimum Gasteiger partial charge on any atom is -0.495 e. The molecule has 2 N–H and O–H groups in total. The minimum atomic E-state index is -0.126. The van der Waals surface area contributed by atoms with Crippen molar-refractivity contribution in [1.82, 2.24) is 0 Å². The summed E-state index contributed by atoms with van der Waals surface area (Å²) in [6.07, 6.45) is 0.282. The van der Waals surface area contributed by atoms with Gasteiger partial charge in [0.2, 0.25) is 5.91 Å². The van der Waals surface area contributed by atoms with Gasteiger partial charge in [-0.25, -0.2) is 0 Å². The van der Waals surface area contributed by atoms with Gasteiger partial charge in [-0.2, -0.15) is 0 Å². The van der Waals surface area contributed by atoms with Gasteiger partial charge in [-0.3, -0.25) is 9.59 Å². The van der Waals surface area contributed by atoms with Crippen LogP contribution < -0.4 is 15.4 Å². The summed E-state index contributed by atoms with van der Waals surface area (Å²) in [4.78, 5) is 23.2. The van der Waals surface area contributed by atoms with Crippen LogP contribution in [0.4, 0.5) is 11.4 Å². The summed E-state index contributed by atoms with van der Waals surface area (Å²) in [5, 5.41) is 6.51. The van der Waals surface area contributed by atoms with Crippen molar-refractivity contribution in [1.29, 1.82) is 0 Å². The lowest BCUT2D eigenvalue weighted by molar-refractivity contribution is -0.115. The van der Waals surface area contributed by atoms with E-state index >= 15 is 0 Å². The highest BCUT2D eigenvalue weighted by Crippen LogP contribution is 2.27. The van der Waals surface area contributed by atoms with Crippen molar-refractivity contribution in [2.75, 3.05) is 24.3 Å². The highest BCUT2D eigenvalue weighted by molar-refractivity contribution is 6.30. The van der Waals surface area contributed by atoms with E-state index in [9.17, 15) is 9.59 Å². The molecule has 0 fully saturated rings. The first-order chi connectivity index (χ1) is 11.5. The van der Waals surface area contributed by atoms with Crippen molar-refractivity contribution in [3.8, 4) is 5.75 Å².